The molecular formula is C13H16N2O3S2. The topological polar surface area (TPSA) is 68.3 Å². The molecule has 7 heteroatoms. The predicted molar refractivity (Wildman–Crippen MR) is 79.7 cm³/mol. The predicted octanol–water partition coefficient (Wildman–Crippen LogP) is 2.43. The molecular weight excluding hydrogens is 296 g/mol. The Balaban J connectivity index is 2.55. The van der Waals surface area contributed by atoms with Crippen molar-refractivity contribution in [1.82, 2.24) is 9.71 Å². The SMILES string of the molecule is CCNS(=O)(=O)c1cc(-c2csc(C)n2)ccc1OC. The van der Waals surface area contributed by atoms with Crippen LogP contribution in [-0.2, 0) is 10.0 Å². The number of nitrogens with zero attached hydrogens (tertiary/aromatic N) is 1. The molecule has 0 spiro atoms. The van der Waals surface area contributed by atoms with E-state index in [4.69, 9.17) is 4.74 Å². The maximum atomic E-state index is 12.2. The quantitative estimate of drug-likeness (QED) is 0.920. The molecule has 0 radical (unpaired) electrons. The molecule has 1 heterocycles. The van der Waals surface area contributed by atoms with Crippen molar-refractivity contribution >= 4 is 21.4 Å². The minimum Gasteiger partial charge on any atom is -0.495 e. The molecule has 0 atom stereocenters. The first-order valence-electron chi connectivity index (χ1n) is 6.08. The second-order valence-electron chi connectivity index (χ2n) is 4.12. The van der Waals surface area contributed by atoms with E-state index in [1.807, 2.05) is 12.3 Å². The summed E-state index contributed by atoms with van der Waals surface area (Å²) in [4.78, 5) is 4.50. The molecule has 20 heavy (non-hydrogen) atoms. The minimum atomic E-state index is -3.58. The van der Waals surface area contributed by atoms with Crippen molar-refractivity contribution in [2.24, 2.45) is 0 Å². The van der Waals surface area contributed by atoms with E-state index in [9.17, 15) is 8.42 Å². The van der Waals surface area contributed by atoms with Gasteiger partial charge >= 0.3 is 0 Å². The van der Waals surface area contributed by atoms with Gasteiger partial charge in [0.1, 0.15) is 10.6 Å². The van der Waals surface area contributed by atoms with Crippen LogP contribution in [0, 0.1) is 6.92 Å². The normalized spacial score (nSPS) is 11.6. The summed E-state index contributed by atoms with van der Waals surface area (Å²) in [6.07, 6.45) is 0. The summed E-state index contributed by atoms with van der Waals surface area (Å²) < 4.78 is 32.0. The summed E-state index contributed by atoms with van der Waals surface area (Å²) in [6.45, 7) is 3.97. The highest BCUT2D eigenvalue weighted by Gasteiger charge is 2.19. The Labute approximate surface area is 122 Å². The molecule has 1 N–H and O–H groups in total. The molecule has 5 nitrogen and oxygen atoms in total. The van der Waals surface area contributed by atoms with Crippen molar-refractivity contribution in [2.75, 3.05) is 13.7 Å². The van der Waals surface area contributed by atoms with Crippen LogP contribution in [0.15, 0.2) is 28.5 Å². The zero-order valence-electron chi connectivity index (χ0n) is 11.5. The standard InChI is InChI=1S/C13H16N2O3S2/c1-4-14-20(16,17)13-7-10(5-6-12(13)18-3)11-8-19-9(2)15-11/h5-8,14H,4H2,1-3H3. The van der Waals surface area contributed by atoms with Crippen LogP contribution >= 0.6 is 11.3 Å². The highest BCUT2D eigenvalue weighted by molar-refractivity contribution is 7.89. The van der Waals surface area contributed by atoms with E-state index >= 15 is 0 Å². The van der Waals surface area contributed by atoms with Crippen LogP contribution in [-0.4, -0.2) is 27.1 Å². The highest BCUT2D eigenvalue weighted by atomic mass is 32.2. The van der Waals surface area contributed by atoms with Crippen molar-refractivity contribution in [2.45, 2.75) is 18.7 Å². The van der Waals surface area contributed by atoms with Crippen molar-refractivity contribution in [3.8, 4) is 17.0 Å². The van der Waals surface area contributed by atoms with Crippen LogP contribution in [0.5, 0.6) is 5.75 Å². The van der Waals surface area contributed by atoms with E-state index in [0.29, 0.717) is 12.3 Å². The lowest BCUT2D eigenvalue weighted by atomic mass is 10.2. The van der Waals surface area contributed by atoms with Crippen LogP contribution in [0.3, 0.4) is 0 Å². The molecule has 0 amide bonds. The third-order valence-electron chi connectivity index (χ3n) is 2.70. The lowest BCUT2D eigenvalue weighted by Crippen LogP contribution is -2.23. The van der Waals surface area contributed by atoms with Gasteiger partial charge < -0.3 is 4.74 Å². The molecule has 0 saturated carbocycles. The van der Waals surface area contributed by atoms with Crippen LogP contribution in [0.1, 0.15) is 11.9 Å². The monoisotopic (exact) mass is 312 g/mol. The summed E-state index contributed by atoms with van der Waals surface area (Å²) in [5.74, 6) is 0.321. The number of aryl methyl sites for hydroxylation is 1. The summed E-state index contributed by atoms with van der Waals surface area (Å²) in [7, 11) is -2.12. The number of hydrogen-bond acceptors (Lipinski definition) is 5. The van der Waals surface area contributed by atoms with E-state index in [1.54, 1.807) is 25.1 Å². The minimum absolute atomic E-state index is 0.130. The Kier molecular flexibility index (Phi) is 4.42. The van der Waals surface area contributed by atoms with Gasteiger partial charge in [-0.05, 0) is 25.1 Å². The van der Waals surface area contributed by atoms with E-state index < -0.39 is 10.0 Å². The average Bonchev–Trinajstić information content (AvgIpc) is 2.84. The number of benzene rings is 1. The smallest absolute Gasteiger partial charge is 0.244 e. The Bertz CT molecular complexity index is 708. The molecule has 108 valence electrons. The molecule has 0 saturated heterocycles. The summed E-state index contributed by atoms with van der Waals surface area (Å²) in [5, 5.41) is 2.84. The largest absolute Gasteiger partial charge is 0.495 e. The highest BCUT2D eigenvalue weighted by Crippen LogP contribution is 2.30. The number of ether oxygens (including phenoxy) is 1. The van der Waals surface area contributed by atoms with Gasteiger partial charge in [0.25, 0.3) is 0 Å². The van der Waals surface area contributed by atoms with Crippen LogP contribution in [0.2, 0.25) is 0 Å². The van der Waals surface area contributed by atoms with Gasteiger partial charge in [-0.2, -0.15) is 0 Å². The summed E-state index contributed by atoms with van der Waals surface area (Å²) in [5.41, 5.74) is 1.52. The number of hydrogen-bond donors (Lipinski definition) is 1. The van der Waals surface area contributed by atoms with Crippen molar-refractivity contribution in [3.63, 3.8) is 0 Å². The molecule has 2 aromatic rings. The molecule has 0 aliphatic rings. The molecule has 1 aromatic heterocycles. The lowest BCUT2D eigenvalue weighted by molar-refractivity contribution is 0.402. The molecule has 1 aromatic carbocycles. The zero-order chi connectivity index (χ0) is 14.8. The second-order valence-corrected chi connectivity index (χ2v) is 6.92. The van der Waals surface area contributed by atoms with Crippen LogP contribution < -0.4 is 9.46 Å². The fraction of sp³-hybridized carbons (Fsp3) is 0.308. The Hall–Kier alpha value is -1.44. The number of nitrogens with one attached hydrogen (secondary N) is 1. The van der Waals surface area contributed by atoms with Gasteiger partial charge in [-0.1, -0.05) is 6.92 Å². The summed E-state index contributed by atoms with van der Waals surface area (Å²) >= 11 is 1.53. The number of methoxy groups -OCH3 is 1. The first kappa shape index (κ1) is 15.0. The van der Waals surface area contributed by atoms with Gasteiger partial charge in [-0.25, -0.2) is 18.1 Å². The van der Waals surface area contributed by atoms with Gasteiger partial charge in [0, 0.05) is 17.5 Å². The first-order valence-corrected chi connectivity index (χ1v) is 8.44. The molecule has 2 rings (SSSR count). The van der Waals surface area contributed by atoms with Gasteiger partial charge in [-0.15, -0.1) is 11.3 Å². The van der Waals surface area contributed by atoms with E-state index in [2.05, 4.69) is 9.71 Å². The van der Waals surface area contributed by atoms with Crippen LogP contribution in [0.25, 0.3) is 11.3 Å². The molecule has 0 fully saturated rings. The summed E-state index contributed by atoms with van der Waals surface area (Å²) in [6, 6.07) is 5.04. The molecule has 0 aliphatic carbocycles. The van der Waals surface area contributed by atoms with E-state index in [1.165, 1.54) is 18.4 Å². The number of thiazole rings is 1. The van der Waals surface area contributed by atoms with Gasteiger partial charge in [0.2, 0.25) is 10.0 Å². The fourth-order valence-electron chi connectivity index (χ4n) is 1.81. The Morgan fingerprint density at radius 1 is 1.40 bits per heavy atom. The molecule has 0 aliphatic heterocycles. The van der Waals surface area contributed by atoms with Crippen molar-refractivity contribution in [1.29, 1.82) is 0 Å². The Morgan fingerprint density at radius 2 is 2.15 bits per heavy atom. The molecule has 0 bridgehead atoms. The lowest BCUT2D eigenvalue weighted by Gasteiger charge is -2.11. The number of rotatable bonds is 5. The number of sulfonamides is 1. The maximum Gasteiger partial charge on any atom is 0.244 e. The molecule has 0 unspecified atom stereocenters. The van der Waals surface area contributed by atoms with Crippen molar-refractivity contribution < 1.29 is 13.2 Å². The van der Waals surface area contributed by atoms with Gasteiger partial charge in [0.05, 0.1) is 17.8 Å². The third-order valence-corrected chi connectivity index (χ3v) is 5.04. The first-order chi connectivity index (χ1) is 9.47. The fourth-order valence-corrected chi connectivity index (χ4v) is 3.67. The Morgan fingerprint density at radius 3 is 2.70 bits per heavy atom. The van der Waals surface area contributed by atoms with E-state index in [-0.39, 0.29) is 4.90 Å². The van der Waals surface area contributed by atoms with E-state index in [0.717, 1.165) is 16.3 Å². The van der Waals surface area contributed by atoms with Gasteiger partial charge in [-0.3, -0.25) is 0 Å². The average molecular weight is 312 g/mol. The van der Waals surface area contributed by atoms with Crippen molar-refractivity contribution in [3.05, 3.63) is 28.6 Å². The second kappa shape index (κ2) is 5.90. The van der Waals surface area contributed by atoms with Crippen LogP contribution in [0.4, 0.5) is 0 Å². The van der Waals surface area contributed by atoms with Gasteiger partial charge in [0.15, 0.2) is 0 Å². The maximum absolute atomic E-state index is 12.2. The third kappa shape index (κ3) is 3.00. The number of aromatic nitrogens is 1. The zero-order valence-corrected chi connectivity index (χ0v) is 13.1.